The molecule has 204 valence electrons. The minimum absolute atomic E-state index is 0.0316. The highest BCUT2D eigenvalue weighted by Gasteiger charge is 2.44. The van der Waals surface area contributed by atoms with Crippen LogP contribution in [0.15, 0.2) is 35.5 Å². The molecule has 0 saturated carbocycles. The number of aliphatic hydroxyl groups is 3. The summed E-state index contributed by atoms with van der Waals surface area (Å²) in [4.78, 5) is 25.7. The van der Waals surface area contributed by atoms with Crippen molar-refractivity contribution in [1.82, 2.24) is 24.8 Å². The van der Waals surface area contributed by atoms with Crippen LogP contribution >= 0.6 is 0 Å². The van der Waals surface area contributed by atoms with Crippen LogP contribution in [0.25, 0.3) is 11.2 Å². The van der Waals surface area contributed by atoms with Gasteiger partial charge in [-0.2, -0.15) is 8.42 Å². The molecule has 0 aliphatic carbocycles. The average Bonchev–Trinajstić information content (AvgIpc) is 3.62. The van der Waals surface area contributed by atoms with Crippen molar-refractivity contribution in [2.24, 2.45) is 0 Å². The summed E-state index contributed by atoms with van der Waals surface area (Å²) in [5.74, 6) is 0.0271. The number of nitrogens with zero attached hydrogens (tertiary/aromatic N) is 4. The first-order valence-corrected chi connectivity index (χ1v) is 13.2. The van der Waals surface area contributed by atoms with Gasteiger partial charge in [0.05, 0.1) is 37.0 Å². The summed E-state index contributed by atoms with van der Waals surface area (Å²) in [6, 6.07) is 4.70. The Hall–Kier alpha value is -3.25. The number of carbonyl (C=O) groups is 1. The fourth-order valence-electron chi connectivity index (χ4n) is 4.32. The van der Waals surface area contributed by atoms with Crippen molar-refractivity contribution in [3.63, 3.8) is 0 Å². The summed E-state index contributed by atoms with van der Waals surface area (Å²) >= 11 is 0. The summed E-state index contributed by atoms with van der Waals surface area (Å²) in [6.45, 7) is 0.438. The molecule has 1 aromatic carbocycles. The molecule has 3 aromatic rings. The quantitative estimate of drug-likeness (QED) is 0.182. The molecule has 5 atom stereocenters. The predicted molar refractivity (Wildman–Crippen MR) is 129 cm³/mol. The van der Waals surface area contributed by atoms with E-state index in [0.717, 1.165) is 18.6 Å². The summed E-state index contributed by atoms with van der Waals surface area (Å²) in [6.07, 6.45) is -2.61. The van der Waals surface area contributed by atoms with Gasteiger partial charge in [-0.25, -0.2) is 15.0 Å². The van der Waals surface area contributed by atoms with E-state index in [1.54, 1.807) is 0 Å². The topological polar surface area (TPSA) is 218 Å². The van der Waals surface area contributed by atoms with E-state index in [1.165, 1.54) is 23.0 Å². The maximum absolute atomic E-state index is 12.6. The van der Waals surface area contributed by atoms with Crippen LogP contribution in [0.3, 0.4) is 0 Å². The van der Waals surface area contributed by atoms with Gasteiger partial charge in [0.15, 0.2) is 29.0 Å². The smallest absolute Gasteiger partial charge is 0.294 e. The molecule has 4 heterocycles. The fourth-order valence-corrected chi connectivity index (χ4v) is 4.80. The van der Waals surface area contributed by atoms with Crippen LogP contribution in [0.1, 0.15) is 28.8 Å². The first kappa shape index (κ1) is 26.4. The van der Waals surface area contributed by atoms with Gasteiger partial charge in [0.25, 0.3) is 16.0 Å². The Kier molecular flexibility index (Phi) is 7.28. The van der Waals surface area contributed by atoms with Gasteiger partial charge in [-0.3, -0.25) is 13.9 Å². The molecule has 2 aliphatic heterocycles. The van der Waals surface area contributed by atoms with E-state index in [9.17, 15) is 28.5 Å². The first-order valence-electron chi connectivity index (χ1n) is 11.7. The van der Waals surface area contributed by atoms with Gasteiger partial charge >= 0.3 is 0 Å². The lowest BCUT2D eigenvalue weighted by Gasteiger charge is -2.18. The third-order valence-electron chi connectivity index (χ3n) is 6.35. The van der Waals surface area contributed by atoms with Crippen LogP contribution in [0.2, 0.25) is 0 Å². The monoisotopic (exact) mass is 550 g/mol. The van der Waals surface area contributed by atoms with Crippen molar-refractivity contribution in [1.29, 1.82) is 0 Å². The molecule has 2 aromatic heterocycles. The summed E-state index contributed by atoms with van der Waals surface area (Å²) in [5, 5.41) is 36.1. The van der Waals surface area contributed by atoms with Crippen molar-refractivity contribution in [2.45, 2.75) is 48.4 Å². The molecule has 5 rings (SSSR count). The summed E-state index contributed by atoms with van der Waals surface area (Å²) < 4.78 is 44.0. The van der Waals surface area contributed by atoms with Crippen molar-refractivity contribution in [3.05, 3.63) is 42.0 Å². The molecule has 1 amide bonds. The average molecular weight is 551 g/mol. The minimum Gasteiger partial charge on any atom is -0.394 e. The molecule has 16 heteroatoms. The zero-order chi connectivity index (χ0) is 27.0. The molecule has 5 unspecified atom stereocenters. The van der Waals surface area contributed by atoms with E-state index in [4.69, 9.17) is 14.0 Å². The summed E-state index contributed by atoms with van der Waals surface area (Å²) in [7, 11) is -4.39. The number of hydrogen-bond acceptors (Lipinski definition) is 12. The van der Waals surface area contributed by atoms with Crippen LogP contribution < -0.4 is 10.6 Å². The van der Waals surface area contributed by atoms with E-state index in [-0.39, 0.29) is 34.5 Å². The Bertz CT molecular complexity index is 1430. The van der Waals surface area contributed by atoms with Crippen LogP contribution in [0, 0.1) is 0 Å². The van der Waals surface area contributed by atoms with Crippen LogP contribution in [-0.4, -0.2) is 97.9 Å². The van der Waals surface area contributed by atoms with Gasteiger partial charge in [0, 0.05) is 12.2 Å². The molecule has 2 fully saturated rings. The number of benzene rings is 1. The third-order valence-corrected chi connectivity index (χ3v) is 7.22. The number of amides is 1. The molecule has 0 spiro atoms. The number of hydrogen-bond donors (Lipinski definition) is 6. The van der Waals surface area contributed by atoms with Crippen molar-refractivity contribution in [2.75, 3.05) is 25.1 Å². The maximum atomic E-state index is 12.6. The molecule has 6 N–H and O–H groups in total. The number of fused-ring (bicyclic) bond motifs is 1. The van der Waals surface area contributed by atoms with Gasteiger partial charge in [-0.1, -0.05) is 0 Å². The molecule has 0 radical (unpaired) electrons. The van der Waals surface area contributed by atoms with Gasteiger partial charge in [0.1, 0.15) is 18.3 Å². The zero-order valence-electron chi connectivity index (χ0n) is 19.8. The second-order valence-corrected chi connectivity index (χ2v) is 10.3. The fraction of sp³-hybridized carbons (Fsp3) is 0.455. The van der Waals surface area contributed by atoms with E-state index in [2.05, 4.69) is 25.6 Å². The highest BCUT2D eigenvalue weighted by atomic mass is 32.2. The lowest BCUT2D eigenvalue weighted by Crippen LogP contribution is -2.33. The molecule has 2 saturated heterocycles. The lowest BCUT2D eigenvalue weighted by molar-refractivity contribution is -0.0511. The van der Waals surface area contributed by atoms with Gasteiger partial charge < -0.3 is 35.4 Å². The van der Waals surface area contributed by atoms with Crippen molar-refractivity contribution < 1.29 is 42.6 Å². The molecule has 15 nitrogen and oxygen atoms in total. The number of aromatic nitrogens is 4. The number of anilines is 1. The number of carbonyl (C=O) groups excluding carboxylic acids is 1. The largest absolute Gasteiger partial charge is 0.394 e. The van der Waals surface area contributed by atoms with E-state index in [1.807, 2.05) is 0 Å². The Morgan fingerprint density at radius 1 is 1.16 bits per heavy atom. The second-order valence-electron chi connectivity index (χ2n) is 8.93. The molecular formula is C22H26N6O9S. The van der Waals surface area contributed by atoms with Crippen LogP contribution in [0.5, 0.6) is 0 Å². The molecular weight excluding hydrogens is 524 g/mol. The lowest BCUT2D eigenvalue weighted by atomic mass is 10.1. The van der Waals surface area contributed by atoms with Crippen LogP contribution in [-0.2, 0) is 26.1 Å². The first-order chi connectivity index (χ1) is 18.2. The van der Waals surface area contributed by atoms with Crippen LogP contribution in [0.4, 0.5) is 5.82 Å². The normalized spacial score (nSPS) is 25.6. The van der Waals surface area contributed by atoms with Gasteiger partial charge in [0.2, 0.25) is 0 Å². The number of ether oxygens (including phenoxy) is 2. The highest BCUT2D eigenvalue weighted by Crippen LogP contribution is 2.32. The van der Waals surface area contributed by atoms with E-state index >= 15 is 0 Å². The second kappa shape index (κ2) is 10.5. The van der Waals surface area contributed by atoms with Crippen molar-refractivity contribution in [3.8, 4) is 0 Å². The minimum atomic E-state index is -4.39. The standard InChI is InChI=1S/C22H26N6O9S/c29-8-14-17(30)18(31)22(37-14)28-10-24-16-19(25-12-5-6-36-9-12)26-15(27-20(16)28)7-23-21(32)11-1-3-13(4-2-11)38(33,34)35/h1-4,10,12,14,17-18,22,29-31H,5-9H2,(H,23,32)(H,25,26,27)(H,33,34,35). The Morgan fingerprint density at radius 2 is 1.92 bits per heavy atom. The van der Waals surface area contributed by atoms with Gasteiger partial charge in [-0.15, -0.1) is 0 Å². The number of nitrogens with one attached hydrogen (secondary N) is 2. The van der Waals surface area contributed by atoms with E-state index < -0.39 is 47.2 Å². The number of imidazole rings is 1. The Morgan fingerprint density at radius 3 is 2.55 bits per heavy atom. The van der Waals surface area contributed by atoms with Crippen molar-refractivity contribution >= 4 is 33.0 Å². The molecule has 0 bridgehead atoms. The Labute approximate surface area is 216 Å². The Balaban J connectivity index is 1.42. The number of aliphatic hydroxyl groups excluding tert-OH is 3. The third kappa shape index (κ3) is 5.19. The molecule has 2 aliphatic rings. The van der Waals surface area contributed by atoms with E-state index in [0.29, 0.717) is 24.5 Å². The molecule has 38 heavy (non-hydrogen) atoms. The van der Waals surface area contributed by atoms with Gasteiger partial charge in [-0.05, 0) is 30.7 Å². The predicted octanol–water partition coefficient (Wildman–Crippen LogP) is -1.18. The SMILES string of the molecule is O=C(NCc1nc(NC2CCOC2)c2ncn(C3OC(CO)C(O)C3O)c2n1)c1ccc(S(=O)(=O)O)cc1. The highest BCUT2D eigenvalue weighted by molar-refractivity contribution is 7.85. The zero-order valence-corrected chi connectivity index (χ0v) is 20.7. The number of rotatable bonds is 8. The summed E-state index contributed by atoms with van der Waals surface area (Å²) in [5.41, 5.74) is 0.778. The maximum Gasteiger partial charge on any atom is 0.294 e.